The van der Waals surface area contributed by atoms with E-state index in [1.165, 1.54) is 0 Å². The van der Waals surface area contributed by atoms with Crippen molar-refractivity contribution in [3.63, 3.8) is 0 Å². The number of carbonyl (C=O) groups excluding carboxylic acids is 1. The minimum absolute atomic E-state index is 0.126. The Kier molecular flexibility index (Phi) is 5.29. The molecule has 0 heterocycles. The van der Waals surface area contributed by atoms with Crippen molar-refractivity contribution in [1.29, 1.82) is 0 Å². The third-order valence-electron chi connectivity index (χ3n) is 2.88. The SMILES string of the molecule is CC(NC(=O)c1ccc(I)c(Cl)c1)c1cccc(Cl)c1. The largest absolute Gasteiger partial charge is 0.346 e. The first kappa shape index (κ1) is 15.6. The standard InChI is InChI=1S/C15H12Cl2INO/c1-9(10-3-2-4-12(16)7-10)19-15(20)11-5-6-14(18)13(17)8-11/h2-9H,1H3,(H,19,20). The second-order valence-corrected chi connectivity index (χ2v) is 6.38. The summed E-state index contributed by atoms with van der Waals surface area (Å²) in [7, 11) is 0. The van der Waals surface area contributed by atoms with Gasteiger partial charge in [-0.3, -0.25) is 4.79 Å². The molecule has 5 heteroatoms. The molecule has 2 aromatic carbocycles. The molecule has 0 bridgehead atoms. The number of hydrogen-bond acceptors (Lipinski definition) is 1. The minimum atomic E-state index is -0.157. The fourth-order valence-electron chi connectivity index (χ4n) is 1.78. The fourth-order valence-corrected chi connectivity index (χ4v) is 2.49. The van der Waals surface area contributed by atoms with Gasteiger partial charge in [-0.1, -0.05) is 35.3 Å². The lowest BCUT2D eigenvalue weighted by Gasteiger charge is -2.15. The van der Waals surface area contributed by atoms with E-state index in [1.54, 1.807) is 18.2 Å². The van der Waals surface area contributed by atoms with Crippen LogP contribution in [0.2, 0.25) is 10.0 Å². The molecule has 2 nitrogen and oxygen atoms in total. The van der Waals surface area contributed by atoms with Gasteiger partial charge in [0.25, 0.3) is 5.91 Å². The topological polar surface area (TPSA) is 29.1 Å². The zero-order valence-electron chi connectivity index (χ0n) is 10.7. The number of nitrogens with one attached hydrogen (secondary N) is 1. The smallest absolute Gasteiger partial charge is 0.251 e. The molecule has 1 atom stereocenters. The number of benzene rings is 2. The Hall–Kier alpha value is -0.780. The van der Waals surface area contributed by atoms with Crippen LogP contribution in [0.15, 0.2) is 42.5 Å². The first-order valence-electron chi connectivity index (χ1n) is 5.99. The van der Waals surface area contributed by atoms with Crippen LogP contribution >= 0.6 is 45.8 Å². The molecular formula is C15H12Cl2INO. The van der Waals surface area contributed by atoms with E-state index >= 15 is 0 Å². The quantitative estimate of drug-likeness (QED) is 0.689. The van der Waals surface area contributed by atoms with Gasteiger partial charge >= 0.3 is 0 Å². The zero-order chi connectivity index (χ0) is 14.7. The van der Waals surface area contributed by atoms with Crippen LogP contribution in [0.1, 0.15) is 28.9 Å². The third-order valence-corrected chi connectivity index (χ3v) is 4.69. The summed E-state index contributed by atoms with van der Waals surface area (Å²) in [5, 5.41) is 4.16. The van der Waals surface area contributed by atoms with E-state index in [4.69, 9.17) is 23.2 Å². The van der Waals surface area contributed by atoms with Crippen molar-refractivity contribution in [1.82, 2.24) is 5.32 Å². The van der Waals surface area contributed by atoms with Gasteiger partial charge in [-0.15, -0.1) is 0 Å². The number of carbonyl (C=O) groups is 1. The highest BCUT2D eigenvalue weighted by molar-refractivity contribution is 14.1. The number of rotatable bonds is 3. The van der Waals surface area contributed by atoms with E-state index in [2.05, 4.69) is 27.9 Å². The van der Waals surface area contributed by atoms with E-state index in [1.807, 2.05) is 31.2 Å². The molecule has 2 rings (SSSR count). The van der Waals surface area contributed by atoms with Crippen LogP contribution in [-0.4, -0.2) is 5.91 Å². The van der Waals surface area contributed by atoms with Gasteiger partial charge in [0.1, 0.15) is 0 Å². The first-order valence-corrected chi connectivity index (χ1v) is 7.82. The molecule has 104 valence electrons. The lowest BCUT2D eigenvalue weighted by molar-refractivity contribution is 0.0940. The van der Waals surface area contributed by atoms with Crippen molar-refractivity contribution in [2.75, 3.05) is 0 Å². The third kappa shape index (κ3) is 3.87. The van der Waals surface area contributed by atoms with Gasteiger partial charge in [-0.05, 0) is 65.4 Å². The predicted molar refractivity (Wildman–Crippen MR) is 91.5 cm³/mol. The molecule has 1 amide bonds. The van der Waals surface area contributed by atoms with E-state index in [9.17, 15) is 4.79 Å². The molecule has 20 heavy (non-hydrogen) atoms. The molecule has 0 aliphatic carbocycles. The summed E-state index contributed by atoms with van der Waals surface area (Å²) >= 11 is 14.1. The summed E-state index contributed by atoms with van der Waals surface area (Å²) in [5.74, 6) is -0.157. The molecule has 0 spiro atoms. The van der Waals surface area contributed by atoms with E-state index < -0.39 is 0 Å². The van der Waals surface area contributed by atoms with Crippen molar-refractivity contribution in [3.8, 4) is 0 Å². The number of halogens is 3. The summed E-state index contributed by atoms with van der Waals surface area (Å²) in [6, 6.07) is 12.6. The first-order chi connectivity index (χ1) is 9.47. The van der Waals surface area contributed by atoms with Crippen LogP contribution in [0.3, 0.4) is 0 Å². The van der Waals surface area contributed by atoms with Crippen LogP contribution in [0, 0.1) is 3.57 Å². The fraction of sp³-hybridized carbons (Fsp3) is 0.133. The lowest BCUT2D eigenvalue weighted by Crippen LogP contribution is -2.26. The summed E-state index contributed by atoms with van der Waals surface area (Å²) in [4.78, 5) is 12.2. The molecule has 0 radical (unpaired) electrons. The molecule has 0 fully saturated rings. The van der Waals surface area contributed by atoms with E-state index in [0.29, 0.717) is 15.6 Å². The van der Waals surface area contributed by atoms with Crippen molar-refractivity contribution in [3.05, 3.63) is 67.2 Å². The average molecular weight is 420 g/mol. The summed E-state index contributed by atoms with van der Waals surface area (Å²) in [5.41, 5.74) is 1.51. The van der Waals surface area contributed by atoms with Crippen molar-refractivity contribution < 1.29 is 4.79 Å². The Morgan fingerprint density at radius 1 is 1.20 bits per heavy atom. The van der Waals surface area contributed by atoms with Crippen LogP contribution in [0.25, 0.3) is 0 Å². The van der Waals surface area contributed by atoms with Gasteiger partial charge < -0.3 is 5.32 Å². The van der Waals surface area contributed by atoms with Crippen molar-refractivity contribution in [2.24, 2.45) is 0 Å². The average Bonchev–Trinajstić information content (AvgIpc) is 2.41. The maximum Gasteiger partial charge on any atom is 0.251 e. The zero-order valence-corrected chi connectivity index (χ0v) is 14.3. The molecule has 0 aliphatic heterocycles. The van der Waals surface area contributed by atoms with Crippen molar-refractivity contribution >= 4 is 51.7 Å². The van der Waals surface area contributed by atoms with Crippen molar-refractivity contribution in [2.45, 2.75) is 13.0 Å². The maximum atomic E-state index is 12.2. The number of hydrogen-bond donors (Lipinski definition) is 1. The monoisotopic (exact) mass is 419 g/mol. The van der Waals surface area contributed by atoms with Gasteiger partial charge in [-0.25, -0.2) is 0 Å². The highest BCUT2D eigenvalue weighted by Crippen LogP contribution is 2.21. The predicted octanol–water partition coefficient (Wildman–Crippen LogP) is 5.09. The molecule has 0 saturated carbocycles. The Morgan fingerprint density at radius 2 is 1.95 bits per heavy atom. The summed E-state index contributed by atoms with van der Waals surface area (Å²) < 4.78 is 0.920. The second-order valence-electron chi connectivity index (χ2n) is 4.38. The van der Waals surface area contributed by atoms with E-state index in [0.717, 1.165) is 9.13 Å². The van der Waals surface area contributed by atoms with Gasteiger partial charge in [0.15, 0.2) is 0 Å². The lowest BCUT2D eigenvalue weighted by atomic mass is 10.1. The van der Waals surface area contributed by atoms with Crippen LogP contribution < -0.4 is 5.32 Å². The second kappa shape index (κ2) is 6.78. The van der Waals surface area contributed by atoms with Crippen LogP contribution in [0.4, 0.5) is 0 Å². The van der Waals surface area contributed by atoms with E-state index in [-0.39, 0.29) is 11.9 Å². The van der Waals surface area contributed by atoms with Gasteiger partial charge in [0.2, 0.25) is 0 Å². The molecular weight excluding hydrogens is 408 g/mol. The maximum absolute atomic E-state index is 12.2. The summed E-state index contributed by atoms with van der Waals surface area (Å²) in [6.07, 6.45) is 0. The Labute approximate surface area is 141 Å². The minimum Gasteiger partial charge on any atom is -0.346 e. The Morgan fingerprint density at radius 3 is 2.60 bits per heavy atom. The molecule has 0 aliphatic rings. The highest BCUT2D eigenvalue weighted by atomic mass is 127. The van der Waals surface area contributed by atoms with Gasteiger partial charge in [-0.2, -0.15) is 0 Å². The van der Waals surface area contributed by atoms with Gasteiger partial charge in [0.05, 0.1) is 11.1 Å². The highest BCUT2D eigenvalue weighted by Gasteiger charge is 2.12. The molecule has 2 aromatic rings. The summed E-state index contributed by atoms with van der Waals surface area (Å²) in [6.45, 7) is 1.91. The molecule has 1 unspecified atom stereocenters. The Bertz CT molecular complexity index is 646. The van der Waals surface area contributed by atoms with Crippen LogP contribution in [0.5, 0.6) is 0 Å². The molecule has 1 N–H and O–H groups in total. The van der Waals surface area contributed by atoms with Gasteiger partial charge in [0, 0.05) is 14.2 Å². The Balaban J connectivity index is 2.13. The van der Waals surface area contributed by atoms with Crippen LogP contribution in [-0.2, 0) is 0 Å². The molecule has 0 aromatic heterocycles. The number of amides is 1. The normalized spacial score (nSPS) is 12.0. The molecule has 0 saturated heterocycles.